The highest BCUT2D eigenvalue weighted by molar-refractivity contribution is 9.10. The van der Waals surface area contributed by atoms with Crippen LogP contribution in [-0.2, 0) is 0 Å². The Morgan fingerprint density at radius 3 is 3.00 bits per heavy atom. The van der Waals surface area contributed by atoms with Gasteiger partial charge in [-0.05, 0) is 35.0 Å². The highest BCUT2D eigenvalue weighted by atomic mass is 79.9. The predicted molar refractivity (Wildman–Crippen MR) is 76.3 cm³/mol. The fourth-order valence-corrected chi connectivity index (χ4v) is 2.19. The molecule has 0 fully saturated rings. The lowest BCUT2D eigenvalue weighted by atomic mass is 10.2. The van der Waals surface area contributed by atoms with Crippen LogP contribution < -0.4 is 10.5 Å². The predicted octanol–water partition coefficient (Wildman–Crippen LogP) is 3.31. The van der Waals surface area contributed by atoms with Crippen molar-refractivity contribution >= 4 is 27.3 Å². The van der Waals surface area contributed by atoms with Crippen molar-refractivity contribution in [1.82, 2.24) is 14.6 Å². The molecule has 3 rings (SSSR count). The molecular formula is C13H10BrFN4O. The minimum atomic E-state index is -0.488. The summed E-state index contributed by atoms with van der Waals surface area (Å²) in [6.45, 7) is 1.61. The Labute approximate surface area is 122 Å². The summed E-state index contributed by atoms with van der Waals surface area (Å²) in [4.78, 5) is 4.06. The zero-order valence-electron chi connectivity index (χ0n) is 10.5. The molecule has 2 aromatic heterocycles. The Morgan fingerprint density at radius 1 is 1.40 bits per heavy atom. The van der Waals surface area contributed by atoms with E-state index in [0.717, 1.165) is 0 Å². The maximum atomic E-state index is 13.9. The topological polar surface area (TPSA) is 65.4 Å². The number of anilines is 1. The zero-order chi connectivity index (χ0) is 14.3. The molecule has 2 N–H and O–H groups in total. The van der Waals surface area contributed by atoms with E-state index in [2.05, 4.69) is 26.0 Å². The molecule has 7 heteroatoms. The van der Waals surface area contributed by atoms with Crippen LogP contribution >= 0.6 is 15.9 Å². The number of nitrogens with two attached hydrogens (primary N) is 1. The zero-order valence-corrected chi connectivity index (χ0v) is 12.1. The summed E-state index contributed by atoms with van der Waals surface area (Å²) in [5.41, 5.74) is 6.68. The SMILES string of the molecule is Cc1c(Oc2ccn3ncnc3c2)cc(Br)c(N)c1F. The maximum Gasteiger partial charge on any atom is 0.158 e. The van der Waals surface area contributed by atoms with Gasteiger partial charge in [0, 0.05) is 22.3 Å². The number of pyridine rings is 1. The number of fused-ring (bicyclic) bond motifs is 1. The van der Waals surface area contributed by atoms with E-state index in [1.54, 1.807) is 35.8 Å². The Balaban J connectivity index is 2.02. The molecule has 0 aliphatic heterocycles. The Kier molecular flexibility index (Phi) is 3.06. The van der Waals surface area contributed by atoms with Gasteiger partial charge in [-0.2, -0.15) is 5.10 Å². The van der Waals surface area contributed by atoms with E-state index < -0.39 is 5.82 Å². The van der Waals surface area contributed by atoms with Crippen LogP contribution in [0.5, 0.6) is 11.5 Å². The lowest BCUT2D eigenvalue weighted by Crippen LogP contribution is -1.98. The second kappa shape index (κ2) is 4.75. The highest BCUT2D eigenvalue weighted by Gasteiger charge is 2.13. The lowest BCUT2D eigenvalue weighted by Gasteiger charge is -2.12. The smallest absolute Gasteiger partial charge is 0.158 e. The molecule has 0 spiro atoms. The summed E-state index contributed by atoms with van der Waals surface area (Å²) in [6.07, 6.45) is 3.17. The van der Waals surface area contributed by atoms with Crippen molar-refractivity contribution in [2.24, 2.45) is 0 Å². The molecule has 1 aromatic carbocycles. The molecule has 0 aliphatic rings. The summed E-state index contributed by atoms with van der Waals surface area (Å²) < 4.78 is 21.7. The van der Waals surface area contributed by atoms with Gasteiger partial charge in [-0.3, -0.25) is 0 Å². The van der Waals surface area contributed by atoms with Gasteiger partial charge >= 0.3 is 0 Å². The van der Waals surface area contributed by atoms with E-state index in [0.29, 0.717) is 27.2 Å². The number of nitrogens with zero attached hydrogens (tertiary/aromatic N) is 3. The van der Waals surface area contributed by atoms with Gasteiger partial charge in [0.05, 0.1) is 5.69 Å². The van der Waals surface area contributed by atoms with Crippen molar-refractivity contribution in [3.63, 3.8) is 0 Å². The molecule has 2 heterocycles. The normalized spacial score (nSPS) is 10.9. The van der Waals surface area contributed by atoms with Gasteiger partial charge < -0.3 is 10.5 Å². The third-order valence-corrected chi connectivity index (χ3v) is 3.59. The second-order valence-electron chi connectivity index (χ2n) is 4.24. The van der Waals surface area contributed by atoms with Crippen LogP contribution in [-0.4, -0.2) is 14.6 Å². The Bertz CT molecular complexity index is 802. The van der Waals surface area contributed by atoms with E-state index in [4.69, 9.17) is 10.5 Å². The minimum absolute atomic E-state index is 0.0720. The first-order chi connectivity index (χ1) is 9.56. The second-order valence-corrected chi connectivity index (χ2v) is 5.09. The van der Waals surface area contributed by atoms with E-state index in [1.807, 2.05) is 0 Å². The molecule has 0 bridgehead atoms. The van der Waals surface area contributed by atoms with Crippen LogP contribution in [0.15, 0.2) is 35.2 Å². The fourth-order valence-electron chi connectivity index (χ4n) is 1.81. The van der Waals surface area contributed by atoms with Crippen LogP contribution in [0.3, 0.4) is 0 Å². The monoisotopic (exact) mass is 336 g/mol. The van der Waals surface area contributed by atoms with Crippen molar-refractivity contribution in [3.05, 3.63) is 46.6 Å². The number of hydrogen-bond acceptors (Lipinski definition) is 4. The first-order valence-electron chi connectivity index (χ1n) is 5.77. The quantitative estimate of drug-likeness (QED) is 0.729. The number of nitrogen functional groups attached to an aromatic ring is 1. The molecule has 0 radical (unpaired) electrons. The summed E-state index contributed by atoms with van der Waals surface area (Å²) >= 11 is 3.21. The molecule has 0 atom stereocenters. The van der Waals surface area contributed by atoms with Gasteiger partial charge in [0.15, 0.2) is 11.5 Å². The number of aromatic nitrogens is 3. The molecule has 0 unspecified atom stereocenters. The van der Waals surface area contributed by atoms with E-state index in [-0.39, 0.29) is 5.69 Å². The van der Waals surface area contributed by atoms with Gasteiger partial charge in [-0.1, -0.05) is 0 Å². The van der Waals surface area contributed by atoms with Crippen molar-refractivity contribution < 1.29 is 9.13 Å². The fraction of sp³-hybridized carbons (Fsp3) is 0.0769. The highest BCUT2D eigenvalue weighted by Crippen LogP contribution is 2.34. The molecule has 5 nitrogen and oxygen atoms in total. The van der Waals surface area contributed by atoms with Gasteiger partial charge in [0.25, 0.3) is 0 Å². The average molecular weight is 337 g/mol. The first kappa shape index (κ1) is 12.9. The van der Waals surface area contributed by atoms with E-state index in [9.17, 15) is 4.39 Å². The van der Waals surface area contributed by atoms with Crippen LogP contribution in [0.25, 0.3) is 5.65 Å². The van der Waals surface area contributed by atoms with Crippen molar-refractivity contribution in [2.75, 3.05) is 5.73 Å². The molecule has 20 heavy (non-hydrogen) atoms. The van der Waals surface area contributed by atoms with Gasteiger partial charge in [0.1, 0.15) is 17.8 Å². The molecule has 0 aliphatic carbocycles. The number of halogens is 2. The van der Waals surface area contributed by atoms with Crippen LogP contribution in [0, 0.1) is 12.7 Å². The molecular weight excluding hydrogens is 327 g/mol. The van der Waals surface area contributed by atoms with Crippen molar-refractivity contribution in [3.8, 4) is 11.5 Å². The van der Waals surface area contributed by atoms with Gasteiger partial charge in [-0.25, -0.2) is 13.9 Å². The molecule has 102 valence electrons. The summed E-state index contributed by atoms with van der Waals surface area (Å²) in [5, 5.41) is 3.99. The standard InChI is InChI=1S/C13H10BrFN4O/c1-7-10(5-9(14)13(16)12(7)15)20-8-2-3-19-11(4-8)17-6-18-19/h2-6H,16H2,1H3. The number of rotatable bonds is 2. The molecule has 0 saturated carbocycles. The Morgan fingerprint density at radius 2 is 2.20 bits per heavy atom. The number of benzene rings is 1. The summed E-state index contributed by atoms with van der Waals surface area (Å²) in [6, 6.07) is 5.08. The maximum absolute atomic E-state index is 13.9. The summed E-state index contributed by atoms with van der Waals surface area (Å²) in [5.74, 6) is 0.454. The number of ether oxygens (including phenoxy) is 1. The lowest BCUT2D eigenvalue weighted by molar-refractivity contribution is 0.470. The van der Waals surface area contributed by atoms with Gasteiger partial charge in [0.2, 0.25) is 0 Å². The van der Waals surface area contributed by atoms with E-state index >= 15 is 0 Å². The molecule has 0 saturated heterocycles. The van der Waals surface area contributed by atoms with Crippen LogP contribution in [0.4, 0.5) is 10.1 Å². The third kappa shape index (κ3) is 2.09. The average Bonchev–Trinajstić information content (AvgIpc) is 2.90. The van der Waals surface area contributed by atoms with Gasteiger partial charge in [-0.15, -0.1) is 0 Å². The van der Waals surface area contributed by atoms with Crippen molar-refractivity contribution in [2.45, 2.75) is 6.92 Å². The molecule has 0 amide bonds. The third-order valence-electron chi connectivity index (χ3n) is 2.93. The molecule has 3 aromatic rings. The van der Waals surface area contributed by atoms with Crippen LogP contribution in [0.2, 0.25) is 0 Å². The van der Waals surface area contributed by atoms with Crippen LogP contribution in [0.1, 0.15) is 5.56 Å². The Hall–Kier alpha value is -2.15. The summed E-state index contributed by atoms with van der Waals surface area (Å²) in [7, 11) is 0. The van der Waals surface area contributed by atoms with Crippen molar-refractivity contribution in [1.29, 1.82) is 0 Å². The van der Waals surface area contributed by atoms with E-state index in [1.165, 1.54) is 6.33 Å². The largest absolute Gasteiger partial charge is 0.457 e. The first-order valence-corrected chi connectivity index (χ1v) is 6.57. The minimum Gasteiger partial charge on any atom is -0.457 e. The number of hydrogen-bond donors (Lipinski definition) is 1.